The molecule has 0 radical (unpaired) electrons. The molecule has 0 spiro atoms. The number of fused-ring (bicyclic) bond motifs is 2. The van der Waals surface area contributed by atoms with E-state index in [0.29, 0.717) is 24.2 Å². The highest BCUT2D eigenvalue weighted by Gasteiger charge is 2.50. The molecule has 2 bridgehead atoms. The van der Waals surface area contributed by atoms with Crippen LogP contribution in [-0.2, 0) is 5.60 Å². The first-order valence-electron chi connectivity index (χ1n) is 15.1. The van der Waals surface area contributed by atoms with E-state index in [2.05, 4.69) is 37.5 Å². The minimum atomic E-state index is -0.816. The lowest BCUT2D eigenvalue weighted by atomic mass is 9.79. The minimum Gasteiger partial charge on any atom is -0.423 e. The zero-order valence-corrected chi connectivity index (χ0v) is 24.7. The third kappa shape index (κ3) is 6.12. The van der Waals surface area contributed by atoms with Gasteiger partial charge in [0.2, 0.25) is 0 Å². The van der Waals surface area contributed by atoms with Gasteiger partial charge < -0.3 is 14.9 Å². The molecule has 3 aromatic rings. The van der Waals surface area contributed by atoms with Gasteiger partial charge in [-0.3, -0.25) is 9.80 Å². The predicted molar refractivity (Wildman–Crippen MR) is 162 cm³/mol. The molecule has 3 unspecified atom stereocenters. The van der Waals surface area contributed by atoms with Gasteiger partial charge in [0.15, 0.2) is 0 Å². The van der Waals surface area contributed by atoms with Crippen LogP contribution in [0.3, 0.4) is 0 Å². The minimum absolute atomic E-state index is 0.0986. The highest BCUT2D eigenvalue weighted by molar-refractivity contribution is 5.91. The third-order valence-electron chi connectivity index (χ3n) is 9.48. The fourth-order valence-corrected chi connectivity index (χ4v) is 7.13. The van der Waals surface area contributed by atoms with Crippen LogP contribution < -0.4 is 4.74 Å². The van der Waals surface area contributed by atoms with Crippen molar-refractivity contribution in [2.75, 3.05) is 13.1 Å². The topological polar surface area (TPSA) is 73.2 Å². The Morgan fingerprint density at radius 1 is 0.902 bits per heavy atom. The number of esters is 1. The summed E-state index contributed by atoms with van der Waals surface area (Å²) in [5.74, 6) is 0.0506. The maximum Gasteiger partial charge on any atom is 0.343 e. The summed E-state index contributed by atoms with van der Waals surface area (Å²) in [6.45, 7) is 10.5. The Bertz CT molecular complexity index is 1280. The van der Waals surface area contributed by atoms with Crippen molar-refractivity contribution in [1.82, 2.24) is 9.80 Å². The normalized spacial score (nSPS) is 24.7. The van der Waals surface area contributed by atoms with E-state index in [4.69, 9.17) is 4.74 Å². The summed E-state index contributed by atoms with van der Waals surface area (Å²) in [4.78, 5) is 17.6. The van der Waals surface area contributed by atoms with Gasteiger partial charge in [-0.2, -0.15) is 0 Å². The van der Waals surface area contributed by atoms with E-state index >= 15 is 0 Å². The van der Waals surface area contributed by atoms with Crippen LogP contribution in [0.1, 0.15) is 92.6 Å². The first-order chi connectivity index (χ1) is 19.7. The van der Waals surface area contributed by atoms with Gasteiger partial charge in [-0.1, -0.05) is 68.4 Å². The van der Waals surface area contributed by atoms with Gasteiger partial charge >= 0.3 is 5.97 Å². The second-order valence-corrected chi connectivity index (χ2v) is 11.8. The summed E-state index contributed by atoms with van der Waals surface area (Å²) >= 11 is 0. The predicted octanol–water partition coefficient (Wildman–Crippen LogP) is 6.25. The van der Waals surface area contributed by atoms with Crippen molar-refractivity contribution in [1.29, 1.82) is 0 Å². The smallest absolute Gasteiger partial charge is 0.343 e. The molecule has 2 fully saturated rings. The van der Waals surface area contributed by atoms with Crippen LogP contribution in [0.2, 0.25) is 0 Å². The summed E-state index contributed by atoms with van der Waals surface area (Å²) in [5.41, 5.74) is 2.64. The molecule has 5 atom stereocenters. The highest BCUT2D eigenvalue weighted by Crippen LogP contribution is 2.47. The Balaban J connectivity index is 1.20. The number of nitrogens with zero attached hydrogens (tertiary/aromatic N) is 2. The average Bonchev–Trinajstić information content (AvgIpc) is 3.28. The van der Waals surface area contributed by atoms with Crippen molar-refractivity contribution < 1.29 is 19.7 Å². The molecule has 0 amide bonds. The molecular weight excluding hydrogens is 512 g/mol. The van der Waals surface area contributed by atoms with Crippen LogP contribution in [0.15, 0.2) is 78.9 Å². The molecule has 6 heteroatoms. The number of rotatable bonds is 10. The van der Waals surface area contributed by atoms with Crippen LogP contribution in [0.25, 0.3) is 0 Å². The summed E-state index contributed by atoms with van der Waals surface area (Å²) in [5, 5.41) is 22.8. The van der Waals surface area contributed by atoms with Crippen LogP contribution in [0.5, 0.6) is 5.75 Å². The Morgan fingerprint density at radius 2 is 1.46 bits per heavy atom. The van der Waals surface area contributed by atoms with Gasteiger partial charge in [0.05, 0.1) is 17.3 Å². The number of hydrogen-bond donors (Lipinski definition) is 2. The number of ether oxygens (including phenoxy) is 1. The van der Waals surface area contributed by atoms with Crippen molar-refractivity contribution in [2.24, 2.45) is 0 Å². The lowest BCUT2D eigenvalue weighted by molar-refractivity contribution is -0.0844. The summed E-state index contributed by atoms with van der Waals surface area (Å²) in [7, 11) is 0. The molecule has 2 aliphatic heterocycles. The maximum atomic E-state index is 12.8. The quantitative estimate of drug-likeness (QED) is 0.227. The highest BCUT2D eigenvalue weighted by atomic mass is 16.5. The Hall–Kier alpha value is -3.03. The van der Waals surface area contributed by atoms with Gasteiger partial charge in [0, 0.05) is 24.2 Å². The number of piperidine rings is 1. The van der Waals surface area contributed by atoms with E-state index in [1.807, 2.05) is 66.7 Å². The molecule has 3 aromatic carbocycles. The molecule has 2 saturated heterocycles. The van der Waals surface area contributed by atoms with Gasteiger partial charge in [-0.05, 0) is 93.6 Å². The largest absolute Gasteiger partial charge is 0.423 e. The summed E-state index contributed by atoms with van der Waals surface area (Å²) < 4.78 is 5.64. The molecular formula is C35H44N2O4. The molecule has 0 aromatic heterocycles. The second-order valence-electron chi connectivity index (χ2n) is 11.8. The van der Waals surface area contributed by atoms with E-state index in [1.165, 1.54) is 5.56 Å². The number of carbonyl (C=O) groups is 1. The number of benzene rings is 3. The van der Waals surface area contributed by atoms with Crippen molar-refractivity contribution >= 4 is 5.97 Å². The Kier molecular flexibility index (Phi) is 8.95. The zero-order chi connectivity index (χ0) is 29.1. The number of aliphatic hydroxyl groups is 2. The Labute approximate surface area is 244 Å². The fourth-order valence-electron chi connectivity index (χ4n) is 7.13. The van der Waals surface area contributed by atoms with E-state index in [-0.39, 0.29) is 24.2 Å². The van der Waals surface area contributed by atoms with Crippen molar-refractivity contribution in [3.63, 3.8) is 0 Å². The third-order valence-corrected chi connectivity index (χ3v) is 9.48. The molecule has 0 saturated carbocycles. The lowest BCUT2D eigenvalue weighted by Crippen LogP contribution is -2.54. The fraction of sp³-hybridized carbons (Fsp3) is 0.457. The van der Waals surface area contributed by atoms with E-state index in [1.54, 1.807) is 12.1 Å². The van der Waals surface area contributed by atoms with E-state index in [9.17, 15) is 15.0 Å². The van der Waals surface area contributed by atoms with E-state index < -0.39 is 17.7 Å². The number of aliphatic hydroxyl groups excluding tert-OH is 1. The molecule has 2 N–H and O–H groups in total. The van der Waals surface area contributed by atoms with Gasteiger partial charge in [-0.25, -0.2) is 4.79 Å². The molecule has 2 heterocycles. The van der Waals surface area contributed by atoms with Gasteiger partial charge in [0.25, 0.3) is 0 Å². The second kappa shape index (κ2) is 12.5. The van der Waals surface area contributed by atoms with E-state index in [0.717, 1.165) is 37.1 Å². The molecule has 5 rings (SSSR count). The summed E-state index contributed by atoms with van der Waals surface area (Å²) in [6, 6.07) is 25.4. The molecule has 6 nitrogen and oxygen atoms in total. The SMILES string of the molecule is CCN(CC)C(C)c1ccc(C(=O)Oc2ccc([C@@H](O)[C@H](C)N3C4CCC3CC(O)(c3ccccc3)C4)cc2)cc1. The van der Waals surface area contributed by atoms with Crippen LogP contribution >= 0.6 is 0 Å². The molecule has 0 aliphatic carbocycles. The van der Waals surface area contributed by atoms with Crippen molar-refractivity contribution in [3.05, 3.63) is 101 Å². The monoisotopic (exact) mass is 556 g/mol. The average molecular weight is 557 g/mol. The number of carbonyl (C=O) groups excluding carboxylic acids is 1. The number of hydrogen-bond acceptors (Lipinski definition) is 6. The summed E-state index contributed by atoms with van der Waals surface area (Å²) in [6.07, 6.45) is 2.72. The first kappa shape index (κ1) is 29.5. The first-order valence-corrected chi connectivity index (χ1v) is 15.1. The zero-order valence-electron chi connectivity index (χ0n) is 24.7. The van der Waals surface area contributed by atoms with Gasteiger partial charge in [-0.15, -0.1) is 0 Å². The molecule has 218 valence electrons. The Morgan fingerprint density at radius 3 is 2.02 bits per heavy atom. The maximum absolute atomic E-state index is 12.8. The van der Waals surface area contributed by atoms with Crippen LogP contribution in [0, 0.1) is 0 Å². The standard InChI is InChI=1S/C35H44N2O4/c1-5-36(6-2)24(3)26-12-14-28(15-13-26)34(39)41-32-20-16-27(17-21-32)33(38)25(4)37-30-18-19-31(37)23-35(40,22-30)29-10-8-7-9-11-29/h7-17,20-21,24-25,30-31,33,38,40H,5-6,18-19,22-23H2,1-4H3/t24?,25-,30?,31?,33-,35?/m0/s1. The van der Waals surface area contributed by atoms with Crippen molar-refractivity contribution in [3.8, 4) is 5.75 Å². The van der Waals surface area contributed by atoms with Crippen LogP contribution in [0.4, 0.5) is 0 Å². The lowest BCUT2D eigenvalue weighted by Gasteiger charge is -2.47. The van der Waals surface area contributed by atoms with Crippen LogP contribution in [-0.4, -0.2) is 57.2 Å². The van der Waals surface area contributed by atoms with Gasteiger partial charge in [0.1, 0.15) is 5.75 Å². The molecule has 41 heavy (non-hydrogen) atoms. The van der Waals surface area contributed by atoms with Crippen molar-refractivity contribution in [2.45, 2.75) is 89.3 Å². The molecule has 2 aliphatic rings.